The van der Waals surface area contributed by atoms with E-state index in [1.807, 2.05) is 0 Å². The zero-order valence-electron chi connectivity index (χ0n) is 16.4. The molecular weight excluding hydrogens is 424 g/mol. The SMILES string of the molecule is Cc1cc(C)cc(-c2csc(N3CCC(S(=O)(=O)c4ccc(Cl)cc4)CC3)n2)c1. The summed E-state index contributed by atoms with van der Waals surface area (Å²) in [6, 6.07) is 12.9. The predicted octanol–water partition coefficient (Wildman–Crippen LogP) is 5.52. The second-order valence-electron chi connectivity index (χ2n) is 7.58. The van der Waals surface area contributed by atoms with Gasteiger partial charge in [0.05, 0.1) is 15.8 Å². The molecule has 0 atom stereocenters. The molecule has 0 amide bonds. The summed E-state index contributed by atoms with van der Waals surface area (Å²) in [6.45, 7) is 5.57. The summed E-state index contributed by atoms with van der Waals surface area (Å²) >= 11 is 7.51. The number of hydrogen-bond acceptors (Lipinski definition) is 5. The van der Waals surface area contributed by atoms with Crippen LogP contribution in [0.25, 0.3) is 11.3 Å². The maximum atomic E-state index is 12.9. The average molecular weight is 447 g/mol. The minimum Gasteiger partial charge on any atom is -0.348 e. The second-order valence-corrected chi connectivity index (χ2v) is 11.1. The number of aryl methyl sites for hydroxylation is 2. The molecule has 1 saturated heterocycles. The van der Waals surface area contributed by atoms with Gasteiger partial charge in [0.25, 0.3) is 0 Å². The summed E-state index contributed by atoms with van der Waals surface area (Å²) in [6.07, 6.45) is 1.20. The van der Waals surface area contributed by atoms with Crippen LogP contribution in [0.2, 0.25) is 5.02 Å². The van der Waals surface area contributed by atoms with Gasteiger partial charge < -0.3 is 4.90 Å². The van der Waals surface area contributed by atoms with E-state index in [-0.39, 0.29) is 5.25 Å². The first kappa shape index (κ1) is 20.4. The molecule has 1 aromatic heterocycles. The van der Waals surface area contributed by atoms with Gasteiger partial charge in [-0.2, -0.15) is 0 Å². The van der Waals surface area contributed by atoms with Crippen molar-refractivity contribution in [3.63, 3.8) is 0 Å². The maximum absolute atomic E-state index is 12.9. The Bertz CT molecular complexity index is 1100. The Kier molecular flexibility index (Phi) is 5.69. The van der Waals surface area contributed by atoms with Crippen molar-refractivity contribution in [1.29, 1.82) is 0 Å². The highest BCUT2D eigenvalue weighted by Crippen LogP contribution is 2.32. The van der Waals surface area contributed by atoms with Crippen LogP contribution in [0.5, 0.6) is 0 Å². The average Bonchev–Trinajstić information content (AvgIpc) is 3.18. The van der Waals surface area contributed by atoms with E-state index in [1.54, 1.807) is 35.6 Å². The minimum atomic E-state index is -3.33. The normalized spacial score (nSPS) is 15.6. The van der Waals surface area contributed by atoms with E-state index in [1.165, 1.54) is 11.1 Å². The standard InChI is InChI=1S/C22H23ClN2O2S2/c1-15-11-16(2)13-17(12-15)21-14-28-22(24-21)25-9-7-20(8-10-25)29(26,27)19-5-3-18(23)4-6-19/h3-6,11-14,20H,7-10H2,1-2H3. The van der Waals surface area contributed by atoms with Crippen molar-refractivity contribution in [2.24, 2.45) is 0 Å². The van der Waals surface area contributed by atoms with E-state index < -0.39 is 9.84 Å². The first-order valence-electron chi connectivity index (χ1n) is 9.61. The third-order valence-electron chi connectivity index (χ3n) is 5.30. The van der Waals surface area contributed by atoms with Crippen LogP contribution in [0.15, 0.2) is 52.7 Å². The van der Waals surface area contributed by atoms with Crippen LogP contribution < -0.4 is 4.90 Å². The first-order valence-corrected chi connectivity index (χ1v) is 12.4. The van der Waals surface area contributed by atoms with Crippen molar-refractivity contribution < 1.29 is 8.42 Å². The highest BCUT2D eigenvalue weighted by Gasteiger charge is 2.32. The van der Waals surface area contributed by atoms with E-state index in [4.69, 9.17) is 16.6 Å². The lowest BCUT2D eigenvalue weighted by molar-refractivity contribution is 0.529. The van der Waals surface area contributed by atoms with Gasteiger partial charge in [0.1, 0.15) is 0 Å². The number of halogens is 1. The molecule has 0 radical (unpaired) electrons. The van der Waals surface area contributed by atoms with Gasteiger partial charge in [-0.3, -0.25) is 0 Å². The molecule has 3 aromatic rings. The summed E-state index contributed by atoms with van der Waals surface area (Å²) in [5.74, 6) is 0. The van der Waals surface area contributed by atoms with Crippen molar-refractivity contribution in [3.05, 3.63) is 64.0 Å². The molecule has 2 aromatic carbocycles. The Hall–Kier alpha value is -1.89. The summed E-state index contributed by atoms with van der Waals surface area (Å²) in [4.78, 5) is 7.37. The first-order chi connectivity index (χ1) is 13.8. The molecule has 0 bridgehead atoms. The lowest BCUT2D eigenvalue weighted by atomic mass is 10.1. The van der Waals surface area contributed by atoms with Crippen molar-refractivity contribution in [2.45, 2.75) is 36.8 Å². The van der Waals surface area contributed by atoms with Crippen molar-refractivity contribution in [1.82, 2.24) is 4.98 Å². The lowest BCUT2D eigenvalue weighted by Crippen LogP contribution is -2.39. The molecule has 29 heavy (non-hydrogen) atoms. The number of rotatable bonds is 4. The van der Waals surface area contributed by atoms with Gasteiger partial charge in [-0.1, -0.05) is 28.8 Å². The topological polar surface area (TPSA) is 50.3 Å². The Morgan fingerprint density at radius 1 is 1.03 bits per heavy atom. The van der Waals surface area contributed by atoms with Crippen LogP contribution in [-0.2, 0) is 9.84 Å². The van der Waals surface area contributed by atoms with Crippen LogP contribution in [0.3, 0.4) is 0 Å². The number of piperidine rings is 1. The maximum Gasteiger partial charge on any atom is 0.185 e. The smallest absolute Gasteiger partial charge is 0.185 e. The largest absolute Gasteiger partial charge is 0.348 e. The number of sulfone groups is 1. The molecule has 1 fully saturated rings. The van der Waals surface area contributed by atoms with E-state index in [0.29, 0.717) is 35.8 Å². The molecule has 0 aliphatic carbocycles. The quantitative estimate of drug-likeness (QED) is 0.529. The third kappa shape index (κ3) is 4.34. The summed E-state index contributed by atoms with van der Waals surface area (Å²) < 4.78 is 25.8. The minimum absolute atomic E-state index is 0.353. The second kappa shape index (κ2) is 8.09. The Labute approximate surface area is 181 Å². The summed E-state index contributed by atoms with van der Waals surface area (Å²) in [5, 5.41) is 3.22. The fourth-order valence-electron chi connectivity index (χ4n) is 3.84. The number of thiazole rings is 1. The molecule has 7 heteroatoms. The Morgan fingerprint density at radius 3 is 2.28 bits per heavy atom. The van der Waals surface area contributed by atoms with Crippen molar-refractivity contribution in [2.75, 3.05) is 18.0 Å². The van der Waals surface area contributed by atoms with Crippen molar-refractivity contribution >= 4 is 37.9 Å². The van der Waals surface area contributed by atoms with Gasteiger partial charge in [0.2, 0.25) is 0 Å². The molecule has 4 rings (SSSR count). The van der Waals surface area contributed by atoms with Crippen LogP contribution in [0.4, 0.5) is 5.13 Å². The zero-order valence-corrected chi connectivity index (χ0v) is 18.8. The van der Waals surface area contributed by atoms with E-state index in [9.17, 15) is 8.42 Å². The predicted molar refractivity (Wildman–Crippen MR) is 121 cm³/mol. The molecule has 0 N–H and O–H groups in total. The van der Waals surface area contributed by atoms with E-state index in [0.717, 1.165) is 16.4 Å². The summed E-state index contributed by atoms with van der Waals surface area (Å²) in [5.41, 5.74) is 4.56. The molecule has 0 spiro atoms. The molecule has 0 unspecified atom stereocenters. The molecule has 152 valence electrons. The van der Waals surface area contributed by atoms with Gasteiger partial charge in [-0.05, 0) is 63.1 Å². The number of benzene rings is 2. The Balaban J connectivity index is 1.46. The highest BCUT2D eigenvalue weighted by molar-refractivity contribution is 7.92. The monoisotopic (exact) mass is 446 g/mol. The van der Waals surface area contributed by atoms with Crippen LogP contribution in [-0.4, -0.2) is 31.7 Å². The van der Waals surface area contributed by atoms with Crippen LogP contribution >= 0.6 is 22.9 Å². The fourth-order valence-corrected chi connectivity index (χ4v) is 6.59. The third-order valence-corrected chi connectivity index (χ3v) is 8.73. The number of nitrogens with zero attached hydrogens (tertiary/aromatic N) is 2. The molecule has 4 nitrogen and oxygen atoms in total. The van der Waals surface area contributed by atoms with Gasteiger partial charge in [-0.15, -0.1) is 11.3 Å². The molecule has 0 saturated carbocycles. The molecule has 1 aliphatic heterocycles. The molecular formula is C22H23ClN2O2S2. The lowest BCUT2D eigenvalue weighted by Gasteiger charge is -2.31. The number of anilines is 1. The summed E-state index contributed by atoms with van der Waals surface area (Å²) in [7, 11) is -3.33. The van der Waals surface area contributed by atoms with Crippen LogP contribution in [0, 0.1) is 13.8 Å². The molecule has 1 aliphatic rings. The Morgan fingerprint density at radius 2 is 1.66 bits per heavy atom. The highest BCUT2D eigenvalue weighted by atomic mass is 35.5. The van der Waals surface area contributed by atoms with Gasteiger partial charge in [-0.25, -0.2) is 13.4 Å². The van der Waals surface area contributed by atoms with Gasteiger partial charge >= 0.3 is 0 Å². The van der Waals surface area contributed by atoms with E-state index >= 15 is 0 Å². The zero-order chi connectivity index (χ0) is 20.6. The van der Waals surface area contributed by atoms with Gasteiger partial charge in [0.15, 0.2) is 15.0 Å². The van der Waals surface area contributed by atoms with Crippen molar-refractivity contribution in [3.8, 4) is 11.3 Å². The van der Waals surface area contributed by atoms with Crippen LogP contribution in [0.1, 0.15) is 24.0 Å². The molecule has 2 heterocycles. The fraction of sp³-hybridized carbons (Fsp3) is 0.318. The number of aromatic nitrogens is 1. The van der Waals surface area contributed by atoms with E-state index in [2.05, 4.69) is 42.3 Å². The number of hydrogen-bond donors (Lipinski definition) is 0. The van der Waals surface area contributed by atoms with Gasteiger partial charge in [0, 0.05) is 29.1 Å².